The Kier molecular flexibility index (Phi) is 5.00. The van der Waals surface area contributed by atoms with Crippen LogP contribution < -0.4 is 10.1 Å². The van der Waals surface area contributed by atoms with E-state index in [2.05, 4.69) is 24.1 Å². The number of imidazole rings is 1. The van der Waals surface area contributed by atoms with E-state index in [4.69, 9.17) is 9.47 Å². The molecule has 1 aliphatic rings. The first kappa shape index (κ1) is 14.8. The summed E-state index contributed by atoms with van der Waals surface area (Å²) in [6, 6.07) is 0.0943. The summed E-state index contributed by atoms with van der Waals surface area (Å²) in [7, 11) is 1.51. The smallest absolute Gasteiger partial charge is 0.329 e. The molecule has 1 amide bonds. The van der Waals surface area contributed by atoms with Crippen LogP contribution in [0.5, 0.6) is 6.01 Å². The molecule has 1 aromatic rings. The van der Waals surface area contributed by atoms with Crippen molar-refractivity contribution < 1.29 is 14.3 Å². The standard InChI is InChI=1S/C14H23N3O3/c1-10(2)6-7-15-13(18)17-9-11(16-14(17)19-3)12-5-4-8-20-12/h9-10,12H,4-8H2,1-3H3,(H,15,18). The molecule has 0 aromatic carbocycles. The van der Waals surface area contributed by atoms with Gasteiger partial charge in [-0.2, -0.15) is 4.98 Å². The fraction of sp³-hybridized carbons (Fsp3) is 0.714. The summed E-state index contributed by atoms with van der Waals surface area (Å²) in [5.74, 6) is 0.558. The normalized spacial score (nSPS) is 18.5. The van der Waals surface area contributed by atoms with E-state index >= 15 is 0 Å². The Morgan fingerprint density at radius 3 is 3.05 bits per heavy atom. The lowest BCUT2D eigenvalue weighted by molar-refractivity contribution is 0.108. The van der Waals surface area contributed by atoms with Gasteiger partial charge in [-0.25, -0.2) is 9.36 Å². The van der Waals surface area contributed by atoms with Crippen LogP contribution in [0, 0.1) is 5.92 Å². The largest absolute Gasteiger partial charge is 0.468 e. The third kappa shape index (κ3) is 3.50. The van der Waals surface area contributed by atoms with Crippen molar-refractivity contribution in [3.8, 4) is 6.01 Å². The lowest BCUT2D eigenvalue weighted by Crippen LogP contribution is -2.29. The Morgan fingerprint density at radius 1 is 1.65 bits per heavy atom. The number of hydrogen-bond donors (Lipinski definition) is 1. The van der Waals surface area contributed by atoms with E-state index in [1.165, 1.54) is 11.7 Å². The molecule has 0 saturated carbocycles. The van der Waals surface area contributed by atoms with Crippen LogP contribution in [-0.2, 0) is 4.74 Å². The molecule has 1 unspecified atom stereocenters. The number of nitrogens with one attached hydrogen (secondary N) is 1. The highest BCUT2D eigenvalue weighted by Crippen LogP contribution is 2.29. The SMILES string of the molecule is COc1nc(C2CCCO2)cn1C(=O)NCCC(C)C. The van der Waals surface area contributed by atoms with E-state index in [1.807, 2.05) is 0 Å². The highest BCUT2D eigenvalue weighted by Gasteiger charge is 2.24. The molecule has 1 fully saturated rings. The lowest BCUT2D eigenvalue weighted by Gasteiger charge is -2.08. The molecule has 2 rings (SSSR count). The molecule has 1 N–H and O–H groups in total. The number of nitrogens with zero attached hydrogens (tertiary/aromatic N) is 2. The number of amides is 1. The summed E-state index contributed by atoms with van der Waals surface area (Å²) in [6.45, 7) is 5.65. The quantitative estimate of drug-likeness (QED) is 0.899. The van der Waals surface area contributed by atoms with E-state index in [9.17, 15) is 4.79 Å². The average molecular weight is 281 g/mol. The molecule has 1 atom stereocenters. The van der Waals surface area contributed by atoms with Crippen LogP contribution in [0.3, 0.4) is 0 Å². The fourth-order valence-corrected chi connectivity index (χ4v) is 2.19. The predicted molar refractivity (Wildman–Crippen MR) is 75.0 cm³/mol. The summed E-state index contributed by atoms with van der Waals surface area (Å²) in [6.07, 6.45) is 4.60. The summed E-state index contributed by atoms with van der Waals surface area (Å²) in [4.78, 5) is 16.5. The van der Waals surface area contributed by atoms with Crippen molar-refractivity contribution in [2.24, 2.45) is 5.92 Å². The third-order valence-electron chi connectivity index (χ3n) is 3.35. The molecular weight excluding hydrogens is 258 g/mol. The predicted octanol–water partition coefficient (Wildman–Crippen LogP) is 2.35. The van der Waals surface area contributed by atoms with Gasteiger partial charge in [-0.1, -0.05) is 13.8 Å². The van der Waals surface area contributed by atoms with Crippen molar-refractivity contribution in [3.05, 3.63) is 11.9 Å². The monoisotopic (exact) mass is 281 g/mol. The topological polar surface area (TPSA) is 65.4 Å². The maximum absolute atomic E-state index is 12.1. The molecular formula is C14H23N3O3. The summed E-state index contributed by atoms with van der Waals surface area (Å²) in [5.41, 5.74) is 0.762. The van der Waals surface area contributed by atoms with Gasteiger partial charge in [-0.15, -0.1) is 0 Å². The van der Waals surface area contributed by atoms with Gasteiger partial charge in [0.25, 0.3) is 0 Å². The van der Waals surface area contributed by atoms with E-state index in [0.29, 0.717) is 18.5 Å². The highest BCUT2D eigenvalue weighted by molar-refractivity contribution is 5.78. The van der Waals surface area contributed by atoms with Crippen LogP contribution in [0.1, 0.15) is 44.9 Å². The van der Waals surface area contributed by atoms with Gasteiger partial charge in [-0.3, -0.25) is 0 Å². The molecule has 6 heteroatoms. The van der Waals surface area contributed by atoms with Crippen molar-refractivity contribution in [3.63, 3.8) is 0 Å². The third-order valence-corrected chi connectivity index (χ3v) is 3.35. The van der Waals surface area contributed by atoms with Crippen LogP contribution in [-0.4, -0.2) is 35.8 Å². The second-order valence-electron chi connectivity index (χ2n) is 5.44. The van der Waals surface area contributed by atoms with Crippen molar-refractivity contribution >= 4 is 6.03 Å². The minimum absolute atomic E-state index is 0.0198. The molecule has 0 bridgehead atoms. The highest BCUT2D eigenvalue weighted by atomic mass is 16.5. The van der Waals surface area contributed by atoms with Crippen LogP contribution in [0.4, 0.5) is 4.79 Å². The molecule has 0 radical (unpaired) electrons. The van der Waals surface area contributed by atoms with E-state index in [1.54, 1.807) is 6.20 Å². The molecule has 0 aliphatic carbocycles. The first-order chi connectivity index (χ1) is 9.61. The minimum Gasteiger partial charge on any atom is -0.468 e. The average Bonchev–Trinajstić information content (AvgIpc) is 3.06. The van der Waals surface area contributed by atoms with Gasteiger partial charge >= 0.3 is 12.0 Å². The second kappa shape index (κ2) is 6.74. The fourth-order valence-electron chi connectivity index (χ4n) is 2.19. The summed E-state index contributed by atoms with van der Waals surface area (Å²) in [5, 5.41) is 2.87. The lowest BCUT2D eigenvalue weighted by atomic mass is 10.1. The number of ether oxygens (including phenoxy) is 2. The van der Waals surface area contributed by atoms with Crippen LogP contribution in [0.15, 0.2) is 6.20 Å². The van der Waals surface area contributed by atoms with Crippen LogP contribution >= 0.6 is 0 Å². The zero-order valence-electron chi connectivity index (χ0n) is 12.4. The van der Waals surface area contributed by atoms with E-state index in [0.717, 1.165) is 31.6 Å². The van der Waals surface area contributed by atoms with Crippen molar-refractivity contribution in [2.45, 2.75) is 39.2 Å². The molecule has 20 heavy (non-hydrogen) atoms. The van der Waals surface area contributed by atoms with Gasteiger partial charge in [0.05, 0.1) is 12.8 Å². The van der Waals surface area contributed by atoms with Crippen molar-refractivity contribution in [2.75, 3.05) is 20.3 Å². The maximum Gasteiger partial charge on any atom is 0.329 e. The van der Waals surface area contributed by atoms with Gasteiger partial charge in [0.15, 0.2) is 0 Å². The molecule has 0 spiro atoms. The van der Waals surface area contributed by atoms with Gasteiger partial charge < -0.3 is 14.8 Å². The Morgan fingerprint density at radius 2 is 2.45 bits per heavy atom. The molecule has 1 aliphatic heterocycles. The first-order valence-corrected chi connectivity index (χ1v) is 7.15. The zero-order valence-corrected chi connectivity index (χ0v) is 12.4. The summed E-state index contributed by atoms with van der Waals surface area (Å²) < 4.78 is 12.2. The summed E-state index contributed by atoms with van der Waals surface area (Å²) >= 11 is 0. The maximum atomic E-state index is 12.1. The zero-order chi connectivity index (χ0) is 14.5. The number of carbonyl (C=O) groups excluding carboxylic acids is 1. The number of hydrogen-bond acceptors (Lipinski definition) is 4. The number of rotatable bonds is 5. The van der Waals surface area contributed by atoms with Crippen molar-refractivity contribution in [1.29, 1.82) is 0 Å². The number of aromatic nitrogens is 2. The second-order valence-corrected chi connectivity index (χ2v) is 5.44. The Hall–Kier alpha value is -1.56. The van der Waals surface area contributed by atoms with Crippen LogP contribution in [0.2, 0.25) is 0 Å². The van der Waals surface area contributed by atoms with Gasteiger partial charge in [0.1, 0.15) is 6.10 Å². The van der Waals surface area contributed by atoms with Crippen LogP contribution in [0.25, 0.3) is 0 Å². The number of carbonyl (C=O) groups is 1. The molecule has 112 valence electrons. The van der Waals surface area contributed by atoms with Gasteiger partial charge in [0.2, 0.25) is 0 Å². The molecule has 6 nitrogen and oxygen atoms in total. The molecule has 1 aromatic heterocycles. The van der Waals surface area contributed by atoms with E-state index in [-0.39, 0.29) is 12.1 Å². The Labute approximate surface area is 119 Å². The molecule has 2 heterocycles. The number of methoxy groups -OCH3 is 1. The first-order valence-electron chi connectivity index (χ1n) is 7.15. The van der Waals surface area contributed by atoms with Gasteiger partial charge in [0, 0.05) is 19.3 Å². The molecule has 1 saturated heterocycles. The van der Waals surface area contributed by atoms with Gasteiger partial charge in [-0.05, 0) is 25.2 Å². The minimum atomic E-state index is -0.209. The van der Waals surface area contributed by atoms with Crippen molar-refractivity contribution in [1.82, 2.24) is 14.9 Å². The van der Waals surface area contributed by atoms with E-state index < -0.39 is 0 Å². The Bertz CT molecular complexity index is 451. The Balaban J connectivity index is 2.03.